The first kappa shape index (κ1) is 24.8. The van der Waals surface area contributed by atoms with E-state index >= 15 is 8.78 Å². The average molecular weight is 540 g/mol. The lowest BCUT2D eigenvalue weighted by molar-refractivity contribution is -0.122. The average Bonchev–Trinajstić information content (AvgIpc) is 3.29. The van der Waals surface area contributed by atoms with Gasteiger partial charge in [0.15, 0.2) is 11.4 Å². The van der Waals surface area contributed by atoms with E-state index in [0.29, 0.717) is 38.0 Å². The third kappa shape index (κ3) is 4.16. The van der Waals surface area contributed by atoms with E-state index in [2.05, 4.69) is 4.98 Å². The van der Waals surface area contributed by atoms with Crippen molar-refractivity contribution >= 4 is 22.6 Å². The summed E-state index contributed by atoms with van der Waals surface area (Å²) < 4.78 is 59.5. The molecule has 0 spiro atoms. The summed E-state index contributed by atoms with van der Waals surface area (Å²) in [5.41, 5.74) is -2.32. The number of anilines is 1. The van der Waals surface area contributed by atoms with Crippen molar-refractivity contribution in [1.82, 2.24) is 9.55 Å². The van der Waals surface area contributed by atoms with E-state index in [1.807, 2.05) is 0 Å². The molecule has 2 aromatic heterocycles. The minimum atomic E-state index is -1.24. The molecule has 1 saturated heterocycles. The van der Waals surface area contributed by atoms with Gasteiger partial charge in [0.2, 0.25) is 5.43 Å². The molecule has 0 N–H and O–H groups in total. The molecular formula is C30H29F4N3O2. The van der Waals surface area contributed by atoms with Gasteiger partial charge in [-0.2, -0.15) is 0 Å². The number of nitrogens with zero attached hydrogens (tertiary/aromatic N) is 3. The first-order valence-electron chi connectivity index (χ1n) is 13.7. The van der Waals surface area contributed by atoms with Crippen LogP contribution in [-0.2, 0) is 0 Å². The van der Waals surface area contributed by atoms with Gasteiger partial charge in [-0.3, -0.25) is 14.2 Å². The summed E-state index contributed by atoms with van der Waals surface area (Å²) in [6.07, 6.45) is 4.73. The number of hydrogen-bond donors (Lipinski definition) is 0. The Hall–Kier alpha value is -3.23. The molecule has 0 radical (unpaired) electrons. The molecule has 3 heterocycles. The summed E-state index contributed by atoms with van der Waals surface area (Å²) in [5.74, 6) is -1.08. The van der Waals surface area contributed by atoms with Gasteiger partial charge in [-0.1, -0.05) is 0 Å². The Kier molecular flexibility index (Phi) is 5.49. The Morgan fingerprint density at radius 1 is 1.08 bits per heavy atom. The highest BCUT2D eigenvalue weighted by Gasteiger charge is 2.58. The van der Waals surface area contributed by atoms with Crippen molar-refractivity contribution in [2.24, 2.45) is 17.3 Å². The predicted octanol–water partition coefficient (Wildman–Crippen LogP) is 6.09. The lowest BCUT2D eigenvalue weighted by atomic mass is 9.47. The fourth-order valence-corrected chi connectivity index (χ4v) is 8.33. The molecule has 4 bridgehead atoms. The molecule has 5 aliphatic rings. The summed E-state index contributed by atoms with van der Waals surface area (Å²) >= 11 is 0. The van der Waals surface area contributed by atoms with Crippen LogP contribution in [0.1, 0.15) is 61.7 Å². The molecule has 3 atom stereocenters. The van der Waals surface area contributed by atoms with Crippen LogP contribution in [0.3, 0.4) is 0 Å². The number of fused-ring (bicyclic) bond motifs is 1. The predicted molar refractivity (Wildman–Crippen MR) is 139 cm³/mol. The topological polar surface area (TPSA) is 55.2 Å². The smallest absolute Gasteiger partial charge is 0.201 e. The van der Waals surface area contributed by atoms with Crippen LogP contribution in [-0.4, -0.2) is 40.3 Å². The molecule has 8 rings (SSSR count). The van der Waals surface area contributed by atoms with Gasteiger partial charge in [0.05, 0.1) is 23.2 Å². The van der Waals surface area contributed by atoms with Crippen molar-refractivity contribution in [1.29, 1.82) is 0 Å². The Morgan fingerprint density at radius 3 is 2.51 bits per heavy atom. The highest BCUT2D eigenvalue weighted by Crippen LogP contribution is 2.64. The molecule has 0 amide bonds. The third-order valence-electron chi connectivity index (χ3n) is 9.41. The summed E-state index contributed by atoms with van der Waals surface area (Å²) in [7, 11) is 0. The number of pyridine rings is 2. The van der Waals surface area contributed by atoms with Gasteiger partial charge in [0.1, 0.15) is 29.3 Å². The number of hydrogen-bond acceptors (Lipinski definition) is 4. The summed E-state index contributed by atoms with van der Waals surface area (Å²) in [6, 6.07) is 6.19. The van der Waals surface area contributed by atoms with Crippen molar-refractivity contribution in [3.63, 3.8) is 0 Å². The van der Waals surface area contributed by atoms with Crippen LogP contribution < -0.4 is 10.3 Å². The summed E-state index contributed by atoms with van der Waals surface area (Å²) in [5, 5.41) is 0.108. The molecule has 5 fully saturated rings. The number of benzene rings is 1. The highest BCUT2D eigenvalue weighted by atomic mass is 19.1. The van der Waals surface area contributed by atoms with Crippen LogP contribution in [0.4, 0.5) is 23.4 Å². The maximum Gasteiger partial charge on any atom is 0.201 e. The second kappa shape index (κ2) is 8.63. The molecule has 4 saturated carbocycles. The number of halogens is 4. The van der Waals surface area contributed by atoms with Crippen LogP contribution in [0.2, 0.25) is 0 Å². The number of carbonyl (C=O) groups excluding carboxylic acids is 1. The minimum Gasteiger partial charge on any atom is -0.354 e. The number of alkyl halides is 2. The van der Waals surface area contributed by atoms with Crippen molar-refractivity contribution < 1.29 is 22.4 Å². The van der Waals surface area contributed by atoms with Crippen molar-refractivity contribution in [2.75, 3.05) is 18.0 Å². The lowest BCUT2D eigenvalue weighted by Crippen LogP contribution is -2.54. The SMILES string of the molecule is O=C(CC12CC3CC(CC(F)(C3)C1)C2)c1cn(-c2ccc(F)cc2F)c2nc(N3CC[C@H](F)C3)ccc2c1=O. The second-order valence-electron chi connectivity index (χ2n) is 12.4. The van der Waals surface area contributed by atoms with Crippen LogP contribution in [0, 0.1) is 28.9 Å². The molecule has 2 unspecified atom stereocenters. The molecule has 9 heteroatoms. The standard InChI is InChI=1S/C30H29F4N3O2/c31-19-1-3-24(23(33)8-19)37-15-22(25(38)13-29-9-17-7-18(10-29)12-30(34,11-17)16-29)27(39)21-2-4-26(35-28(21)37)36-6-5-20(32)14-36/h1-4,8,15,17-18,20H,5-7,9-14,16H2/t17?,18?,20-,29?,30?/m0/s1. The number of rotatable bonds is 5. The van der Waals surface area contributed by atoms with Gasteiger partial charge in [-0.25, -0.2) is 22.5 Å². The Labute approximate surface area is 222 Å². The molecule has 5 nitrogen and oxygen atoms in total. The summed E-state index contributed by atoms with van der Waals surface area (Å²) in [6.45, 7) is 0.607. The van der Waals surface area contributed by atoms with Crippen LogP contribution in [0.15, 0.2) is 41.3 Å². The zero-order valence-electron chi connectivity index (χ0n) is 21.4. The quantitative estimate of drug-likeness (QED) is 0.291. The van der Waals surface area contributed by atoms with Crippen molar-refractivity contribution in [3.8, 4) is 5.69 Å². The van der Waals surface area contributed by atoms with Crippen molar-refractivity contribution in [3.05, 3.63) is 63.9 Å². The Balaban J connectivity index is 1.33. The molecule has 1 aromatic carbocycles. The molecule has 3 aromatic rings. The largest absolute Gasteiger partial charge is 0.354 e. The number of ketones is 1. The van der Waals surface area contributed by atoms with Gasteiger partial charge >= 0.3 is 0 Å². The molecule has 4 aliphatic carbocycles. The fraction of sp³-hybridized carbons (Fsp3) is 0.500. The van der Waals surface area contributed by atoms with Gasteiger partial charge in [-0.15, -0.1) is 0 Å². The lowest BCUT2D eigenvalue weighted by Gasteiger charge is -2.59. The van der Waals surface area contributed by atoms with Gasteiger partial charge in [0, 0.05) is 25.2 Å². The van der Waals surface area contributed by atoms with Crippen LogP contribution >= 0.6 is 0 Å². The first-order chi connectivity index (χ1) is 18.6. The molecular weight excluding hydrogens is 510 g/mol. The zero-order chi connectivity index (χ0) is 27.1. The van der Waals surface area contributed by atoms with Crippen LogP contribution in [0.5, 0.6) is 0 Å². The monoisotopic (exact) mass is 539 g/mol. The van der Waals surface area contributed by atoms with Gasteiger partial charge in [0.25, 0.3) is 0 Å². The Bertz CT molecular complexity index is 1560. The number of aromatic nitrogens is 2. The van der Waals surface area contributed by atoms with Gasteiger partial charge < -0.3 is 4.90 Å². The minimum absolute atomic E-state index is 0.0650. The number of Topliss-reactive ketones (excluding diaryl/α,β-unsaturated/α-hetero) is 1. The van der Waals surface area contributed by atoms with E-state index in [-0.39, 0.29) is 47.1 Å². The Morgan fingerprint density at radius 2 is 1.85 bits per heavy atom. The van der Waals surface area contributed by atoms with E-state index in [1.54, 1.807) is 11.0 Å². The van der Waals surface area contributed by atoms with E-state index in [1.165, 1.54) is 22.9 Å². The number of carbonyl (C=O) groups is 1. The highest BCUT2D eigenvalue weighted by molar-refractivity contribution is 5.99. The third-order valence-corrected chi connectivity index (χ3v) is 9.41. The summed E-state index contributed by atoms with van der Waals surface area (Å²) in [4.78, 5) is 33.8. The second-order valence-corrected chi connectivity index (χ2v) is 12.4. The molecule has 1 aliphatic heterocycles. The van der Waals surface area contributed by atoms with E-state index in [9.17, 15) is 18.4 Å². The van der Waals surface area contributed by atoms with Crippen molar-refractivity contribution in [2.45, 2.75) is 63.2 Å². The maximum absolute atomic E-state index is 15.5. The van der Waals surface area contributed by atoms with Gasteiger partial charge in [-0.05, 0) is 86.5 Å². The van der Waals surface area contributed by atoms with E-state index in [0.717, 1.165) is 31.4 Å². The van der Waals surface area contributed by atoms with Crippen LogP contribution in [0.25, 0.3) is 16.7 Å². The maximum atomic E-state index is 15.5. The molecule has 39 heavy (non-hydrogen) atoms. The first-order valence-corrected chi connectivity index (χ1v) is 13.7. The zero-order valence-corrected chi connectivity index (χ0v) is 21.4. The molecule has 204 valence electrons. The fourth-order valence-electron chi connectivity index (χ4n) is 8.33. The normalized spacial score (nSPS) is 31.4. The van der Waals surface area contributed by atoms with E-state index in [4.69, 9.17) is 0 Å². The van der Waals surface area contributed by atoms with E-state index < -0.39 is 40.1 Å².